The molecule has 0 aliphatic heterocycles. The third-order valence-electron chi connectivity index (χ3n) is 3.24. The topological polar surface area (TPSA) is 42.3 Å². The summed E-state index contributed by atoms with van der Waals surface area (Å²) in [5.41, 5.74) is 0.798. The Morgan fingerprint density at radius 1 is 1.53 bits per heavy atom. The van der Waals surface area contributed by atoms with Gasteiger partial charge in [-0.15, -0.1) is 11.6 Å². The lowest BCUT2D eigenvalue weighted by Crippen LogP contribution is -2.38. The van der Waals surface area contributed by atoms with Crippen LogP contribution >= 0.6 is 23.4 Å². The Morgan fingerprint density at radius 3 is 2.58 bits per heavy atom. The van der Waals surface area contributed by atoms with Crippen LogP contribution in [0.5, 0.6) is 0 Å². The highest BCUT2D eigenvalue weighted by molar-refractivity contribution is 7.98. The zero-order chi connectivity index (χ0) is 14.6. The maximum Gasteiger partial charge on any atom is 0.244 e. The molecule has 0 N–H and O–H groups in total. The highest BCUT2D eigenvalue weighted by atomic mass is 35.5. The number of thioether (sulfide) groups is 1. The number of sulfonamides is 1. The van der Waals surface area contributed by atoms with Crippen LogP contribution in [0.4, 0.5) is 0 Å². The van der Waals surface area contributed by atoms with Gasteiger partial charge in [0.05, 0.1) is 5.88 Å². The lowest BCUT2D eigenvalue weighted by Gasteiger charge is -2.25. The molecule has 1 atom stereocenters. The fourth-order valence-electron chi connectivity index (χ4n) is 1.89. The van der Waals surface area contributed by atoms with E-state index < -0.39 is 10.0 Å². The fourth-order valence-corrected chi connectivity index (χ4v) is 4.61. The van der Waals surface area contributed by atoms with E-state index in [1.165, 1.54) is 4.31 Å². The minimum Gasteiger partial charge on any atom is -0.352 e. The zero-order valence-corrected chi connectivity index (χ0v) is 14.1. The van der Waals surface area contributed by atoms with Crippen LogP contribution in [0.3, 0.4) is 0 Å². The monoisotopic (exact) mass is 324 g/mol. The first-order chi connectivity index (χ1) is 8.88. The highest BCUT2D eigenvalue weighted by Gasteiger charge is 2.28. The second-order valence-corrected chi connectivity index (χ2v) is 7.63. The van der Waals surface area contributed by atoms with Gasteiger partial charge < -0.3 is 4.57 Å². The van der Waals surface area contributed by atoms with Crippen molar-refractivity contribution in [2.75, 3.05) is 19.1 Å². The molecule has 0 saturated carbocycles. The Hall–Kier alpha value is -0.170. The van der Waals surface area contributed by atoms with E-state index in [0.29, 0.717) is 10.8 Å². The fraction of sp³-hybridized carbons (Fsp3) is 0.667. The van der Waals surface area contributed by atoms with E-state index in [2.05, 4.69) is 0 Å². The Morgan fingerprint density at radius 2 is 2.16 bits per heavy atom. The number of rotatable bonds is 7. The predicted octanol–water partition coefficient (Wildman–Crippen LogP) is 2.53. The number of aromatic nitrogens is 1. The van der Waals surface area contributed by atoms with Crippen LogP contribution in [-0.4, -0.2) is 42.4 Å². The van der Waals surface area contributed by atoms with Crippen molar-refractivity contribution in [2.24, 2.45) is 7.05 Å². The minimum absolute atomic E-state index is 0.0136. The first kappa shape index (κ1) is 16.9. The third kappa shape index (κ3) is 3.68. The number of halogens is 1. The van der Waals surface area contributed by atoms with Gasteiger partial charge in [-0.05, 0) is 18.7 Å². The lowest BCUT2D eigenvalue weighted by atomic mass is 10.3. The smallest absolute Gasteiger partial charge is 0.244 e. The molecule has 1 aromatic rings. The van der Waals surface area contributed by atoms with E-state index in [9.17, 15) is 8.42 Å². The van der Waals surface area contributed by atoms with Crippen molar-refractivity contribution in [1.82, 2.24) is 8.87 Å². The van der Waals surface area contributed by atoms with Crippen LogP contribution in [0, 0.1) is 0 Å². The molecule has 0 spiro atoms. The molecule has 0 amide bonds. The second-order valence-electron chi connectivity index (χ2n) is 4.45. The van der Waals surface area contributed by atoms with Crippen LogP contribution in [0.15, 0.2) is 17.2 Å². The Labute approximate surface area is 125 Å². The quantitative estimate of drug-likeness (QED) is 0.724. The number of hydrogen-bond donors (Lipinski definition) is 0. The first-order valence-corrected chi connectivity index (χ1v) is 9.43. The number of aryl methyl sites for hydroxylation is 1. The first-order valence-electron chi connectivity index (χ1n) is 6.06. The SMILES string of the molecule is CCC(CSC)N(C)S(=O)(=O)c1cc(CCl)n(C)c1. The van der Waals surface area contributed by atoms with Gasteiger partial charge in [0, 0.05) is 37.8 Å². The van der Waals surface area contributed by atoms with Crippen molar-refractivity contribution in [3.05, 3.63) is 18.0 Å². The molecule has 7 heteroatoms. The summed E-state index contributed by atoms with van der Waals surface area (Å²) in [6.45, 7) is 2.00. The third-order valence-corrected chi connectivity index (χ3v) is 6.11. The standard InChI is InChI=1S/C12H21ClN2O2S2/c1-5-10(9-18-4)15(3)19(16,17)12-6-11(7-13)14(2)8-12/h6,8,10H,5,7,9H2,1-4H3. The average Bonchev–Trinajstić information content (AvgIpc) is 2.77. The second kappa shape index (κ2) is 7.02. The largest absolute Gasteiger partial charge is 0.352 e. The highest BCUT2D eigenvalue weighted by Crippen LogP contribution is 2.22. The number of nitrogens with zero attached hydrogens (tertiary/aromatic N) is 2. The Balaban J connectivity index is 3.08. The van der Waals surface area contributed by atoms with Crippen LogP contribution < -0.4 is 0 Å². The number of alkyl halides is 1. The van der Waals surface area contributed by atoms with Crippen LogP contribution in [-0.2, 0) is 23.0 Å². The molecule has 1 rings (SSSR count). The molecule has 0 aliphatic carbocycles. The summed E-state index contributed by atoms with van der Waals surface area (Å²) in [6, 6.07) is 1.66. The molecule has 1 aromatic heterocycles. The van der Waals surface area contributed by atoms with E-state index >= 15 is 0 Å². The van der Waals surface area contributed by atoms with Crippen LogP contribution in [0.25, 0.3) is 0 Å². The Bertz CT molecular complexity index is 514. The van der Waals surface area contributed by atoms with E-state index in [4.69, 9.17) is 11.6 Å². The summed E-state index contributed by atoms with van der Waals surface area (Å²) in [5.74, 6) is 1.10. The summed E-state index contributed by atoms with van der Waals surface area (Å²) in [4.78, 5) is 0.313. The molecule has 1 unspecified atom stereocenters. The maximum absolute atomic E-state index is 12.5. The summed E-state index contributed by atoms with van der Waals surface area (Å²) >= 11 is 7.44. The van der Waals surface area contributed by atoms with Gasteiger partial charge in [-0.2, -0.15) is 16.1 Å². The van der Waals surface area contributed by atoms with Gasteiger partial charge in [-0.25, -0.2) is 8.42 Å². The molecular weight excluding hydrogens is 304 g/mol. The molecule has 0 bridgehead atoms. The van der Waals surface area contributed by atoms with Gasteiger partial charge in [0.1, 0.15) is 4.90 Å². The van der Waals surface area contributed by atoms with Gasteiger partial charge >= 0.3 is 0 Å². The molecule has 0 aliphatic rings. The lowest BCUT2D eigenvalue weighted by molar-refractivity contribution is 0.385. The molecule has 1 heterocycles. The predicted molar refractivity (Wildman–Crippen MR) is 82.4 cm³/mol. The van der Waals surface area contributed by atoms with Crippen LogP contribution in [0.1, 0.15) is 19.0 Å². The zero-order valence-electron chi connectivity index (χ0n) is 11.8. The summed E-state index contributed by atoms with van der Waals surface area (Å²) < 4.78 is 28.3. The van der Waals surface area contributed by atoms with Crippen molar-refractivity contribution >= 4 is 33.4 Å². The molecule has 0 fully saturated rings. The minimum atomic E-state index is -3.44. The summed E-state index contributed by atoms with van der Waals surface area (Å²) in [6.07, 6.45) is 4.40. The van der Waals surface area contributed by atoms with E-state index in [1.807, 2.05) is 13.2 Å². The van der Waals surface area contributed by atoms with E-state index in [-0.39, 0.29) is 6.04 Å². The van der Waals surface area contributed by atoms with Gasteiger partial charge in [0.2, 0.25) is 10.0 Å². The van der Waals surface area contributed by atoms with Gasteiger partial charge in [0.15, 0.2) is 0 Å². The molecule has 0 aromatic carbocycles. The van der Waals surface area contributed by atoms with Gasteiger partial charge in [0.25, 0.3) is 0 Å². The van der Waals surface area contributed by atoms with Gasteiger partial charge in [-0.3, -0.25) is 0 Å². The molecule has 19 heavy (non-hydrogen) atoms. The molecule has 4 nitrogen and oxygen atoms in total. The molecule has 0 saturated heterocycles. The Kier molecular flexibility index (Phi) is 6.23. The van der Waals surface area contributed by atoms with E-state index in [0.717, 1.165) is 17.9 Å². The maximum atomic E-state index is 12.5. The summed E-state index contributed by atoms with van der Waals surface area (Å²) in [7, 11) is 0.00371. The van der Waals surface area contributed by atoms with Crippen molar-refractivity contribution in [2.45, 2.75) is 30.2 Å². The normalized spacial score (nSPS) is 14.0. The molecule has 110 valence electrons. The van der Waals surface area contributed by atoms with E-state index in [1.54, 1.807) is 42.7 Å². The van der Waals surface area contributed by atoms with Gasteiger partial charge in [-0.1, -0.05) is 6.92 Å². The molecular formula is C12H21ClN2O2S2. The van der Waals surface area contributed by atoms with Crippen LogP contribution in [0.2, 0.25) is 0 Å². The van der Waals surface area contributed by atoms with Crippen molar-refractivity contribution in [1.29, 1.82) is 0 Å². The summed E-state index contributed by atoms with van der Waals surface area (Å²) in [5, 5.41) is 0. The van der Waals surface area contributed by atoms with Crippen molar-refractivity contribution < 1.29 is 8.42 Å². The number of hydrogen-bond acceptors (Lipinski definition) is 3. The molecule has 0 radical (unpaired) electrons. The van der Waals surface area contributed by atoms with Crippen molar-refractivity contribution in [3.8, 4) is 0 Å². The van der Waals surface area contributed by atoms with Crippen molar-refractivity contribution in [3.63, 3.8) is 0 Å². The average molecular weight is 325 g/mol.